The number of aryl methyl sites for hydroxylation is 1. The second-order valence-electron chi connectivity index (χ2n) is 11.4. The molecule has 9 heteroatoms. The summed E-state index contributed by atoms with van der Waals surface area (Å²) in [5.74, 6) is 1.34. The number of benzene rings is 1. The van der Waals surface area contributed by atoms with E-state index in [4.69, 9.17) is 14.5 Å². The molecule has 0 aliphatic carbocycles. The maximum absolute atomic E-state index is 12.0. The Kier molecular flexibility index (Phi) is 8.79. The van der Waals surface area contributed by atoms with Gasteiger partial charge < -0.3 is 29.4 Å². The number of carboxylic acid groups (broad SMARTS) is 1. The van der Waals surface area contributed by atoms with E-state index < -0.39 is 12.0 Å². The van der Waals surface area contributed by atoms with Gasteiger partial charge in [0.05, 0.1) is 11.0 Å². The fraction of sp³-hybridized carbons (Fsp3) is 0.567. The first-order valence-electron chi connectivity index (χ1n) is 14.2. The lowest BCUT2D eigenvalue weighted by molar-refractivity contribution is -0.140. The quantitative estimate of drug-likeness (QED) is 0.337. The maximum atomic E-state index is 12.0. The van der Waals surface area contributed by atoms with Gasteiger partial charge in [-0.05, 0) is 80.5 Å². The molecule has 3 N–H and O–H groups in total. The summed E-state index contributed by atoms with van der Waals surface area (Å²) in [5, 5.41) is 13.1. The number of rotatable bonds is 11. The number of fused-ring (bicyclic) bond motifs is 1. The van der Waals surface area contributed by atoms with Crippen molar-refractivity contribution in [3.05, 3.63) is 51.9 Å². The second-order valence-corrected chi connectivity index (χ2v) is 11.4. The van der Waals surface area contributed by atoms with Crippen LogP contribution in [0.3, 0.4) is 0 Å². The molecule has 39 heavy (non-hydrogen) atoms. The summed E-state index contributed by atoms with van der Waals surface area (Å²) in [5.41, 5.74) is 4.32. The van der Waals surface area contributed by atoms with Crippen LogP contribution in [0.25, 0.3) is 22.4 Å². The van der Waals surface area contributed by atoms with Gasteiger partial charge in [-0.3, -0.25) is 9.59 Å². The predicted molar refractivity (Wildman–Crippen MR) is 150 cm³/mol. The van der Waals surface area contributed by atoms with Gasteiger partial charge in [0, 0.05) is 56.8 Å². The number of nitrogens with one attached hydrogen (secondary N) is 2. The van der Waals surface area contributed by atoms with Crippen LogP contribution in [-0.2, 0) is 27.4 Å². The standard InChI is InChI=1S/C30H40N4O5/c1-19(11-23-7-10-39-18-23)12-26(30(36)37)31-15-22-3-4-27-25(14-22)33-28(24-13-20(2)29(35)32-16-24)34(27)17-21-5-8-38-9-6-21/h3-4,13-14,16,19,21,23,26,31H,5-12,15,17-18H2,1-2H3,(H,32,35)(H,36,37). The molecule has 2 aromatic heterocycles. The zero-order valence-corrected chi connectivity index (χ0v) is 22.9. The number of imidazole rings is 1. The maximum Gasteiger partial charge on any atom is 0.320 e. The highest BCUT2D eigenvalue weighted by Gasteiger charge is 2.25. The molecule has 5 rings (SSSR count). The first kappa shape index (κ1) is 27.6. The van der Waals surface area contributed by atoms with Crippen molar-refractivity contribution in [2.75, 3.05) is 26.4 Å². The molecule has 3 atom stereocenters. The number of H-pyrrole nitrogens is 1. The van der Waals surface area contributed by atoms with Crippen LogP contribution in [0, 0.1) is 24.7 Å². The minimum absolute atomic E-state index is 0.0990. The summed E-state index contributed by atoms with van der Waals surface area (Å²) in [6.45, 7) is 8.37. The number of aliphatic carboxylic acids is 1. The zero-order chi connectivity index (χ0) is 27.4. The summed E-state index contributed by atoms with van der Waals surface area (Å²) in [7, 11) is 0. The molecule has 2 aliphatic rings. The van der Waals surface area contributed by atoms with Crippen molar-refractivity contribution >= 4 is 17.0 Å². The van der Waals surface area contributed by atoms with Crippen LogP contribution in [0.4, 0.5) is 0 Å². The van der Waals surface area contributed by atoms with Crippen molar-refractivity contribution in [2.45, 2.75) is 65.1 Å². The Morgan fingerprint density at radius 3 is 2.67 bits per heavy atom. The summed E-state index contributed by atoms with van der Waals surface area (Å²) in [6, 6.07) is 7.46. The van der Waals surface area contributed by atoms with Gasteiger partial charge in [-0.25, -0.2) is 4.98 Å². The molecule has 0 bridgehead atoms. The van der Waals surface area contributed by atoms with E-state index in [9.17, 15) is 14.7 Å². The number of ether oxygens (including phenoxy) is 2. The Morgan fingerprint density at radius 1 is 1.18 bits per heavy atom. The fourth-order valence-electron chi connectivity index (χ4n) is 5.95. The third-order valence-electron chi connectivity index (χ3n) is 8.19. The lowest BCUT2D eigenvalue weighted by Crippen LogP contribution is -2.37. The smallest absolute Gasteiger partial charge is 0.320 e. The van der Waals surface area contributed by atoms with Crippen LogP contribution in [0.2, 0.25) is 0 Å². The van der Waals surface area contributed by atoms with Crippen LogP contribution >= 0.6 is 0 Å². The Labute approximate surface area is 228 Å². The lowest BCUT2D eigenvalue weighted by Gasteiger charge is -2.23. The topological polar surface area (TPSA) is 118 Å². The number of carbonyl (C=O) groups is 1. The molecule has 0 spiro atoms. The predicted octanol–water partition coefficient (Wildman–Crippen LogP) is 4.12. The van der Waals surface area contributed by atoms with Crippen LogP contribution < -0.4 is 10.9 Å². The average Bonchev–Trinajstić information content (AvgIpc) is 3.56. The van der Waals surface area contributed by atoms with Crippen molar-refractivity contribution in [3.63, 3.8) is 0 Å². The highest BCUT2D eigenvalue weighted by atomic mass is 16.5. The largest absolute Gasteiger partial charge is 0.480 e. The minimum Gasteiger partial charge on any atom is -0.480 e. The van der Waals surface area contributed by atoms with Crippen molar-refractivity contribution in [1.29, 1.82) is 0 Å². The molecule has 0 saturated carbocycles. The fourth-order valence-corrected chi connectivity index (χ4v) is 5.95. The molecule has 9 nitrogen and oxygen atoms in total. The summed E-state index contributed by atoms with van der Waals surface area (Å²) >= 11 is 0. The molecule has 2 aliphatic heterocycles. The minimum atomic E-state index is -0.818. The number of carboxylic acids is 1. The highest BCUT2D eigenvalue weighted by molar-refractivity contribution is 5.81. The molecule has 0 radical (unpaired) electrons. The van der Waals surface area contributed by atoms with Gasteiger partial charge in [-0.1, -0.05) is 13.0 Å². The first-order chi connectivity index (χ1) is 18.9. The molecular formula is C30H40N4O5. The van der Waals surface area contributed by atoms with Crippen LogP contribution in [0.15, 0.2) is 35.3 Å². The molecule has 3 unspecified atom stereocenters. The van der Waals surface area contributed by atoms with Gasteiger partial charge in [0.25, 0.3) is 5.56 Å². The van der Waals surface area contributed by atoms with E-state index in [-0.39, 0.29) is 5.56 Å². The highest BCUT2D eigenvalue weighted by Crippen LogP contribution is 2.29. The van der Waals surface area contributed by atoms with Crippen LogP contribution in [0.5, 0.6) is 0 Å². The SMILES string of the molecule is Cc1cc(-c2nc3cc(CNC(CC(C)CC4CCOC4)C(=O)O)ccc3n2CC2CCOCC2)c[nH]c1=O. The van der Waals surface area contributed by atoms with E-state index in [0.717, 1.165) is 86.6 Å². The Morgan fingerprint density at radius 2 is 1.95 bits per heavy atom. The van der Waals surface area contributed by atoms with Crippen molar-refractivity contribution in [2.24, 2.45) is 17.8 Å². The molecular weight excluding hydrogens is 496 g/mol. The number of hydrogen-bond donors (Lipinski definition) is 3. The number of pyridine rings is 1. The third kappa shape index (κ3) is 6.77. The lowest BCUT2D eigenvalue weighted by atomic mass is 9.90. The summed E-state index contributed by atoms with van der Waals surface area (Å²) in [6.07, 6.45) is 6.40. The van der Waals surface area contributed by atoms with Gasteiger partial charge in [0.2, 0.25) is 0 Å². The molecule has 0 amide bonds. The van der Waals surface area contributed by atoms with Gasteiger partial charge >= 0.3 is 5.97 Å². The summed E-state index contributed by atoms with van der Waals surface area (Å²) < 4.78 is 13.3. The van der Waals surface area contributed by atoms with Crippen LogP contribution in [-0.4, -0.2) is 58.1 Å². The van der Waals surface area contributed by atoms with Crippen molar-refractivity contribution < 1.29 is 19.4 Å². The number of aromatic amines is 1. The molecule has 1 aromatic carbocycles. The van der Waals surface area contributed by atoms with E-state index in [1.54, 1.807) is 13.1 Å². The van der Waals surface area contributed by atoms with E-state index in [0.29, 0.717) is 36.3 Å². The Balaban J connectivity index is 1.35. The third-order valence-corrected chi connectivity index (χ3v) is 8.19. The molecule has 3 aromatic rings. The zero-order valence-electron chi connectivity index (χ0n) is 22.9. The average molecular weight is 537 g/mol. The number of nitrogens with zero attached hydrogens (tertiary/aromatic N) is 2. The van der Waals surface area contributed by atoms with Gasteiger partial charge in [0.15, 0.2) is 0 Å². The van der Waals surface area contributed by atoms with E-state index in [1.807, 2.05) is 12.1 Å². The molecule has 2 fully saturated rings. The van der Waals surface area contributed by atoms with E-state index in [1.165, 1.54) is 0 Å². The number of aromatic nitrogens is 3. The van der Waals surface area contributed by atoms with Crippen molar-refractivity contribution in [1.82, 2.24) is 19.9 Å². The van der Waals surface area contributed by atoms with Gasteiger partial charge in [0.1, 0.15) is 11.9 Å². The normalized spacial score (nSPS) is 19.9. The number of hydrogen-bond acceptors (Lipinski definition) is 6. The van der Waals surface area contributed by atoms with E-state index >= 15 is 0 Å². The molecule has 210 valence electrons. The second kappa shape index (κ2) is 12.4. The van der Waals surface area contributed by atoms with Gasteiger partial charge in [-0.15, -0.1) is 0 Å². The monoisotopic (exact) mass is 536 g/mol. The Bertz CT molecular complexity index is 1340. The summed E-state index contributed by atoms with van der Waals surface area (Å²) in [4.78, 5) is 31.8. The van der Waals surface area contributed by atoms with Crippen molar-refractivity contribution in [3.8, 4) is 11.4 Å². The molecule has 4 heterocycles. The molecule has 2 saturated heterocycles. The van der Waals surface area contributed by atoms with E-state index in [2.05, 4.69) is 33.9 Å². The first-order valence-corrected chi connectivity index (χ1v) is 14.2. The van der Waals surface area contributed by atoms with Crippen LogP contribution in [0.1, 0.15) is 50.2 Å². The van der Waals surface area contributed by atoms with Gasteiger partial charge in [-0.2, -0.15) is 0 Å². The Hall–Kier alpha value is -3.01.